The molecular weight excluding hydrogens is 431 g/mol. The third kappa shape index (κ3) is 7.26. The van der Waals surface area contributed by atoms with Crippen LogP contribution in [0, 0.1) is 13.8 Å². The van der Waals surface area contributed by atoms with Gasteiger partial charge in [0.25, 0.3) is 0 Å². The lowest BCUT2D eigenvalue weighted by atomic mass is 10.0. The number of carbonyl (C=O) groups excluding carboxylic acids is 2. The molecular formula is C25H32Cl2N2O2. The van der Waals surface area contributed by atoms with E-state index in [9.17, 15) is 9.59 Å². The highest BCUT2D eigenvalue weighted by atomic mass is 35.5. The zero-order valence-corrected chi connectivity index (χ0v) is 20.7. The van der Waals surface area contributed by atoms with Gasteiger partial charge in [-0.05, 0) is 75.4 Å². The van der Waals surface area contributed by atoms with Crippen LogP contribution in [0.2, 0.25) is 10.0 Å². The first-order valence-corrected chi connectivity index (χ1v) is 11.3. The molecule has 0 heterocycles. The summed E-state index contributed by atoms with van der Waals surface area (Å²) >= 11 is 12.4. The minimum atomic E-state index is -0.606. The number of halogens is 2. The number of amides is 2. The summed E-state index contributed by atoms with van der Waals surface area (Å²) in [5.41, 5.74) is 3.59. The Morgan fingerprint density at radius 2 is 1.71 bits per heavy atom. The Kier molecular flexibility index (Phi) is 8.56. The smallest absolute Gasteiger partial charge is 0.243 e. The zero-order chi connectivity index (χ0) is 23.3. The molecule has 31 heavy (non-hydrogen) atoms. The summed E-state index contributed by atoms with van der Waals surface area (Å²) in [6.45, 7) is 12.0. The number of hydrogen-bond acceptors (Lipinski definition) is 2. The van der Waals surface area contributed by atoms with Crippen LogP contribution in [0.15, 0.2) is 36.4 Å². The summed E-state index contributed by atoms with van der Waals surface area (Å²) in [7, 11) is 0. The number of rotatable bonds is 7. The van der Waals surface area contributed by atoms with Gasteiger partial charge in [-0.25, -0.2) is 0 Å². The Labute approximate surface area is 195 Å². The van der Waals surface area contributed by atoms with E-state index in [0.29, 0.717) is 16.5 Å². The monoisotopic (exact) mass is 462 g/mol. The van der Waals surface area contributed by atoms with Crippen molar-refractivity contribution in [2.75, 3.05) is 0 Å². The van der Waals surface area contributed by atoms with Crippen LogP contribution in [-0.2, 0) is 22.6 Å². The third-order valence-corrected chi connectivity index (χ3v) is 5.75. The van der Waals surface area contributed by atoms with Gasteiger partial charge < -0.3 is 10.2 Å². The van der Waals surface area contributed by atoms with Crippen molar-refractivity contribution in [3.8, 4) is 0 Å². The highest BCUT2D eigenvalue weighted by molar-refractivity contribution is 6.35. The van der Waals surface area contributed by atoms with E-state index in [2.05, 4.69) is 5.32 Å². The normalized spacial score (nSPS) is 12.4. The molecule has 6 heteroatoms. The fraction of sp³-hybridized carbons (Fsp3) is 0.440. The molecule has 1 atom stereocenters. The molecule has 0 aliphatic carbocycles. The fourth-order valence-electron chi connectivity index (χ4n) is 3.40. The molecule has 0 aromatic heterocycles. The Balaban J connectivity index is 2.38. The Hall–Kier alpha value is -2.04. The predicted molar refractivity (Wildman–Crippen MR) is 129 cm³/mol. The van der Waals surface area contributed by atoms with Crippen LogP contribution in [0.25, 0.3) is 0 Å². The number of hydrogen-bond donors (Lipinski definition) is 1. The van der Waals surface area contributed by atoms with Crippen molar-refractivity contribution >= 4 is 35.0 Å². The van der Waals surface area contributed by atoms with E-state index in [1.165, 1.54) is 5.56 Å². The molecule has 168 valence electrons. The first-order valence-electron chi connectivity index (χ1n) is 10.5. The molecule has 0 aliphatic rings. The number of nitrogens with one attached hydrogen (secondary N) is 1. The van der Waals surface area contributed by atoms with Crippen LogP contribution in [0.4, 0.5) is 0 Å². The third-order valence-electron chi connectivity index (χ3n) is 5.17. The van der Waals surface area contributed by atoms with Crippen molar-refractivity contribution in [3.05, 3.63) is 68.7 Å². The van der Waals surface area contributed by atoms with Gasteiger partial charge in [-0.1, -0.05) is 54.4 Å². The molecule has 4 nitrogen and oxygen atoms in total. The van der Waals surface area contributed by atoms with E-state index in [0.717, 1.165) is 16.7 Å². The molecule has 2 aromatic rings. The lowest BCUT2D eigenvalue weighted by molar-refractivity contribution is -0.141. The van der Waals surface area contributed by atoms with Crippen LogP contribution in [0.5, 0.6) is 0 Å². The van der Waals surface area contributed by atoms with Gasteiger partial charge in [0.2, 0.25) is 11.8 Å². The fourth-order valence-corrected chi connectivity index (χ4v) is 3.86. The van der Waals surface area contributed by atoms with Crippen LogP contribution in [0.1, 0.15) is 56.4 Å². The van der Waals surface area contributed by atoms with Gasteiger partial charge >= 0.3 is 0 Å². The van der Waals surface area contributed by atoms with Gasteiger partial charge in [-0.2, -0.15) is 0 Å². The average molecular weight is 463 g/mol. The van der Waals surface area contributed by atoms with Crippen LogP contribution < -0.4 is 5.32 Å². The summed E-state index contributed by atoms with van der Waals surface area (Å²) < 4.78 is 0. The molecule has 0 aliphatic heterocycles. The molecule has 2 amide bonds. The second-order valence-electron chi connectivity index (χ2n) is 9.02. The SMILES string of the molecule is CCC(C(=O)NC(C)(C)C)N(Cc1ccc(Cl)cc1Cl)C(=O)Cc1ccc(C)c(C)c1. The number of nitrogens with zero attached hydrogens (tertiary/aromatic N) is 1. The first-order chi connectivity index (χ1) is 14.4. The molecule has 0 bridgehead atoms. The molecule has 0 radical (unpaired) electrons. The Morgan fingerprint density at radius 1 is 1.03 bits per heavy atom. The largest absolute Gasteiger partial charge is 0.350 e. The Bertz CT molecular complexity index is 951. The van der Waals surface area contributed by atoms with E-state index >= 15 is 0 Å². The maximum absolute atomic E-state index is 13.4. The molecule has 1 N–H and O–H groups in total. The van der Waals surface area contributed by atoms with E-state index in [1.54, 1.807) is 23.1 Å². The van der Waals surface area contributed by atoms with Crippen molar-refractivity contribution in [2.45, 2.75) is 72.5 Å². The molecule has 0 fully saturated rings. The minimum Gasteiger partial charge on any atom is -0.350 e. The summed E-state index contributed by atoms with van der Waals surface area (Å²) in [5, 5.41) is 4.01. The van der Waals surface area contributed by atoms with Crippen molar-refractivity contribution in [1.82, 2.24) is 10.2 Å². The summed E-state index contributed by atoms with van der Waals surface area (Å²) in [5.74, 6) is -0.293. The first kappa shape index (κ1) is 25.2. The van der Waals surface area contributed by atoms with Gasteiger partial charge in [0.15, 0.2) is 0 Å². The van der Waals surface area contributed by atoms with Crippen molar-refractivity contribution < 1.29 is 9.59 Å². The number of benzene rings is 2. The highest BCUT2D eigenvalue weighted by Gasteiger charge is 2.31. The summed E-state index contributed by atoms with van der Waals surface area (Å²) in [6, 6.07) is 10.6. The molecule has 1 unspecified atom stereocenters. The van der Waals surface area contributed by atoms with Gasteiger partial charge in [-0.3, -0.25) is 9.59 Å². The maximum Gasteiger partial charge on any atom is 0.243 e. The highest BCUT2D eigenvalue weighted by Crippen LogP contribution is 2.24. The van der Waals surface area contributed by atoms with Crippen LogP contribution in [-0.4, -0.2) is 28.3 Å². The predicted octanol–water partition coefficient (Wildman–Crippen LogP) is 5.87. The summed E-state index contributed by atoms with van der Waals surface area (Å²) in [6.07, 6.45) is 0.706. The van der Waals surface area contributed by atoms with Gasteiger partial charge in [0.05, 0.1) is 6.42 Å². The molecule has 0 spiro atoms. The quantitative estimate of drug-likeness (QED) is 0.558. The second kappa shape index (κ2) is 10.5. The van der Waals surface area contributed by atoms with E-state index in [1.807, 2.05) is 59.7 Å². The van der Waals surface area contributed by atoms with Crippen molar-refractivity contribution in [3.63, 3.8) is 0 Å². The standard InChI is InChI=1S/C25H32Cl2N2O2/c1-7-22(24(31)28-25(4,5)6)29(15-19-10-11-20(26)14-21(19)27)23(30)13-18-9-8-16(2)17(3)12-18/h8-12,14,22H,7,13,15H2,1-6H3,(H,28,31). The lowest BCUT2D eigenvalue weighted by Crippen LogP contribution is -2.53. The van der Waals surface area contributed by atoms with Crippen molar-refractivity contribution in [1.29, 1.82) is 0 Å². The zero-order valence-electron chi connectivity index (χ0n) is 19.2. The number of aryl methyl sites for hydroxylation is 2. The van der Waals surface area contributed by atoms with E-state index < -0.39 is 11.6 Å². The van der Waals surface area contributed by atoms with Gasteiger partial charge in [-0.15, -0.1) is 0 Å². The average Bonchev–Trinajstić information content (AvgIpc) is 2.64. The van der Waals surface area contributed by atoms with E-state index in [4.69, 9.17) is 23.2 Å². The minimum absolute atomic E-state index is 0.120. The van der Waals surface area contributed by atoms with Crippen LogP contribution >= 0.6 is 23.2 Å². The molecule has 0 saturated heterocycles. The Morgan fingerprint density at radius 3 is 2.26 bits per heavy atom. The number of carbonyl (C=O) groups is 2. The lowest BCUT2D eigenvalue weighted by Gasteiger charge is -2.33. The summed E-state index contributed by atoms with van der Waals surface area (Å²) in [4.78, 5) is 28.1. The van der Waals surface area contributed by atoms with Crippen molar-refractivity contribution in [2.24, 2.45) is 0 Å². The molecule has 2 aromatic carbocycles. The molecule has 2 rings (SSSR count). The second-order valence-corrected chi connectivity index (χ2v) is 9.86. The topological polar surface area (TPSA) is 49.4 Å². The van der Waals surface area contributed by atoms with Gasteiger partial charge in [0.1, 0.15) is 6.04 Å². The molecule has 0 saturated carbocycles. The van der Waals surface area contributed by atoms with E-state index in [-0.39, 0.29) is 24.8 Å². The van der Waals surface area contributed by atoms with Gasteiger partial charge in [0, 0.05) is 22.1 Å². The maximum atomic E-state index is 13.4. The van der Waals surface area contributed by atoms with Crippen LogP contribution in [0.3, 0.4) is 0 Å².